The quantitative estimate of drug-likeness (QED) is 0.843. The molecule has 1 saturated heterocycles. The molecule has 23 heavy (non-hydrogen) atoms. The number of likely N-dealkylation sites (tertiary alicyclic amines) is 1. The first kappa shape index (κ1) is 17.0. The average Bonchev–Trinajstić information content (AvgIpc) is 2.96. The third-order valence-electron chi connectivity index (χ3n) is 4.23. The van der Waals surface area contributed by atoms with Gasteiger partial charge in [0.2, 0.25) is 11.8 Å². The Bertz CT molecular complexity index is 597. The average molecular weight is 318 g/mol. The molecule has 1 aromatic carbocycles. The van der Waals surface area contributed by atoms with Crippen molar-refractivity contribution in [1.29, 1.82) is 0 Å². The maximum absolute atomic E-state index is 12.3. The number of rotatable bonds is 5. The maximum atomic E-state index is 12.3. The van der Waals surface area contributed by atoms with Crippen molar-refractivity contribution in [3.8, 4) is 0 Å². The molecule has 1 aromatic rings. The van der Waals surface area contributed by atoms with Gasteiger partial charge in [-0.15, -0.1) is 0 Å². The number of nitrogens with one attached hydrogen (secondary N) is 1. The predicted molar refractivity (Wildman–Crippen MR) is 86.0 cm³/mol. The molecule has 1 aliphatic rings. The van der Waals surface area contributed by atoms with Crippen molar-refractivity contribution in [3.05, 3.63) is 29.8 Å². The second kappa shape index (κ2) is 7.26. The number of methoxy groups -OCH3 is 1. The molecule has 6 nitrogen and oxygen atoms in total. The summed E-state index contributed by atoms with van der Waals surface area (Å²) < 4.78 is 4.63. The predicted octanol–water partition coefficient (Wildman–Crippen LogP) is 2.06. The Kier molecular flexibility index (Phi) is 5.36. The Morgan fingerprint density at radius 2 is 2.00 bits per heavy atom. The fourth-order valence-electron chi connectivity index (χ4n) is 2.61. The molecule has 6 heteroatoms. The maximum Gasteiger partial charge on any atom is 0.337 e. The molecule has 1 heterocycles. The molecule has 124 valence electrons. The van der Waals surface area contributed by atoms with Crippen LogP contribution in [0, 0.1) is 5.92 Å². The number of amides is 2. The van der Waals surface area contributed by atoms with E-state index in [9.17, 15) is 14.4 Å². The Morgan fingerprint density at radius 3 is 2.57 bits per heavy atom. The molecule has 1 fully saturated rings. The number of hydrogen-bond donors (Lipinski definition) is 1. The Hall–Kier alpha value is -2.37. The number of hydrogen-bond acceptors (Lipinski definition) is 4. The SMILES string of the molecule is CCC(C)N1CC(C(=O)Nc2ccc(C(=O)OC)cc2)CC1=O. The molecule has 1 aliphatic heterocycles. The van der Waals surface area contributed by atoms with Crippen molar-refractivity contribution in [3.63, 3.8) is 0 Å². The first-order chi connectivity index (χ1) is 11.0. The minimum Gasteiger partial charge on any atom is -0.465 e. The number of nitrogens with zero attached hydrogens (tertiary/aromatic N) is 1. The van der Waals surface area contributed by atoms with Gasteiger partial charge in [-0.1, -0.05) is 6.92 Å². The number of anilines is 1. The Labute approximate surface area is 135 Å². The molecule has 2 amide bonds. The molecular weight excluding hydrogens is 296 g/mol. The van der Waals surface area contributed by atoms with Crippen LogP contribution in [-0.2, 0) is 14.3 Å². The fraction of sp³-hybridized carbons (Fsp3) is 0.471. The van der Waals surface area contributed by atoms with E-state index >= 15 is 0 Å². The number of carbonyl (C=O) groups is 3. The topological polar surface area (TPSA) is 75.7 Å². The zero-order chi connectivity index (χ0) is 17.0. The number of carbonyl (C=O) groups excluding carboxylic acids is 3. The number of benzene rings is 1. The lowest BCUT2D eigenvalue weighted by Crippen LogP contribution is -2.35. The Balaban J connectivity index is 1.97. The monoisotopic (exact) mass is 318 g/mol. The summed E-state index contributed by atoms with van der Waals surface area (Å²) in [6, 6.07) is 6.62. The molecule has 2 atom stereocenters. The van der Waals surface area contributed by atoms with E-state index in [0.717, 1.165) is 6.42 Å². The van der Waals surface area contributed by atoms with Gasteiger partial charge in [0.25, 0.3) is 0 Å². The molecule has 2 unspecified atom stereocenters. The van der Waals surface area contributed by atoms with Crippen LogP contribution in [0.5, 0.6) is 0 Å². The van der Waals surface area contributed by atoms with E-state index in [1.165, 1.54) is 7.11 Å². The molecule has 0 saturated carbocycles. The zero-order valence-electron chi connectivity index (χ0n) is 13.7. The fourth-order valence-corrected chi connectivity index (χ4v) is 2.61. The summed E-state index contributed by atoms with van der Waals surface area (Å²) in [6.45, 7) is 4.47. The molecule has 0 aromatic heterocycles. The largest absolute Gasteiger partial charge is 0.465 e. The standard InChI is InChI=1S/C17H22N2O4/c1-4-11(2)19-10-13(9-15(19)20)16(21)18-14-7-5-12(6-8-14)17(22)23-3/h5-8,11,13H,4,9-10H2,1-3H3,(H,18,21). The van der Waals surface area contributed by atoms with E-state index in [1.54, 1.807) is 29.2 Å². The highest BCUT2D eigenvalue weighted by atomic mass is 16.5. The van der Waals surface area contributed by atoms with Crippen LogP contribution >= 0.6 is 0 Å². The van der Waals surface area contributed by atoms with Crippen LogP contribution in [0.15, 0.2) is 24.3 Å². The van der Waals surface area contributed by atoms with Crippen LogP contribution < -0.4 is 5.32 Å². The minimum absolute atomic E-state index is 0.0283. The van der Waals surface area contributed by atoms with Gasteiger partial charge in [0.15, 0.2) is 0 Å². The van der Waals surface area contributed by atoms with Crippen molar-refractivity contribution >= 4 is 23.5 Å². The third kappa shape index (κ3) is 3.88. The minimum atomic E-state index is -0.423. The van der Waals surface area contributed by atoms with Crippen LogP contribution in [0.3, 0.4) is 0 Å². The summed E-state index contributed by atoms with van der Waals surface area (Å²) >= 11 is 0. The molecular formula is C17H22N2O4. The van der Waals surface area contributed by atoms with Gasteiger partial charge < -0.3 is 15.0 Å². The molecule has 0 bridgehead atoms. The highest BCUT2D eigenvalue weighted by Crippen LogP contribution is 2.23. The van der Waals surface area contributed by atoms with Gasteiger partial charge >= 0.3 is 5.97 Å². The molecule has 1 N–H and O–H groups in total. The highest BCUT2D eigenvalue weighted by Gasteiger charge is 2.36. The lowest BCUT2D eigenvalue weighted by atomic mass is 10.1. The van der Waals surface area contributed by atoms with Crippen molar-refractivity contribution in [1.82, 2.24) is 4.90 Å². The summed E-state index contributed by atoms with van der Waals surface area (Å²) in [5, 5.41) is 2.80. The second-order valence-electron chi connectivity index (χ2n) is 5.76. The lowest BCUT2D eigenvalue weighted by molar-refractivity contribution is -0.129. The third-order valence-corrected chi connectivity index (χ3v) is 4.23. The van der Waals surface area contributed by atoms with E-state index in [2.05, 4.69) is 10.1 Å². The van der Waals surface area contributed by atoms with Crippen LogP contribution in [0.2, 0.25) is 0 Å². The van der Waals surface area contributed by atoms with Gasteiger partial charge in [0.05, 0.1) is 18.6 Å². The Morgan fingerprint density at radius 1 is 1.35 bits per heavy atom. The second-order valence-corrected chi connectivity index (χ2v) is 5.76. The summed E-state index contributed by atoms with van der Waals surface area (Å²) in [5.41, 5.74) is 1.02. The number of ether oxygens (including phenoxy) is 1. The zero-order valence-corrected chi connectivity index (χ0v) is 13.7. The summed E-state index contributed by atoms with van der Waals surface area (Å²) in [7, 11) is 1.32. The van der Waals surface area contributed by atoms with Crippen molar-refractivity contribution in [2.45, 2.75) is 32.7 Å². The van der Waals surface area contributed by atoms with Crippen LogP contribution in [0.25, 0.3) is 0 Å². The first-order valence-electron chi connectivity index (χ1n) is 7.75. The van der Waals surface area contributed by atoms with Gasteiger partial charge in [-0.2, -0.15) is 0 Å². The molecule has 2 rings (SSSR count). The molecule has 0 spiro atoms. The summed E-state index contributed by atoms with van der Waals surface area (Å²) in [4.78, 5) is 37.4. The van der Waals surface area contributed by atoms with Gasteiger partial charge in [-0.25, -0.2) is 4.79 Å². The summed E-state index contributed by atoms with van der Waals surface area (Å²) in [5.74, 6) is -0.902. The van der Waals surface area contributed by atoms with E-state index in [1.807, 2.05) is 13.8 Å². The first-order valence-corrected chi connectivity index (χ1v) is 7.75. The van der Waals surface area contributed by atoms with Gasteiger partial charge in [-0.3, -0.25) is 9.59 Å². The highest BCUT2D eigenvalue weighted by molar-refractivity contribution is 5.97. The van der Waals surface area contributed by atoms with Crippen LogP contribution in [0.4, 0.5) is 5.69 Å². The smallest absolute Gasteiger partial charge is 0.337 e. The van der Waals surface area contributed by atoms with Crippen LogP contribution in [-0.4, -0.2) is 42.4 Å². The van der Waals surface area contributed by atoms with Gasteiger partial charge in [0, 0.05) is 24.7 Å². The van der Waals surface area contributed by atoms with E-state index in [4.69, 9.17) is 0 Å². The normalized spacial score (nSPS) is 18.7. The van der Waals surface area contributed by atoms with E-state index in [-0.39, 0.29) is 30.2 Å². The van der Waals surface area contributed by atoms with Crippen molar-refractivity contribution in [2.75, 3.05) is 19.0 Å². The van der Waals surface area contributed by atoms with Crippen molar-refractivity contribution < 1.29 is 19.1 Å². The van der Waals surface area contributed by atoms with E-state index < -0.39 is 5.97 Å². The van der Waals surface area contributed by atoms with Crippen LogP contribution in [0.1, 0.15) is 37.0 Å². The lowest BCUT2D eigenvalue weighted by Gasteiger charge is -2.23. The van der Waals surface area contributed by atoms with E-state index in [0.29, 0.717) is 17.8 Å². The van der Waals surface area contributed by atoms with Crippen molar-refractivity contribution in [2.24, 2.45) is 5.92 Å². The van der Waals surface area contributed by atoms with Gasteiger partial charge in [0.1, 0.15) is 0 Å². The van der Waals surface area contributed by atoms with Gasteiger partial charge in [-0.05, 0) is 37.6 Å². The molecule has 0 radical (unpaired) electrons. The molecule has 0 aliphatic carbocycles. The number of esters is 1. The summed E-state index contributed by atoms with van der Waals surface area (Å²) in [6.07, 6.45) is 1.12.